The molecule has 6 heteroatoms. The zero-order valence-corrected chi connectivity index (χ0v) is 10.4. The standard InChI is InChI=1S/C11H19N3O3/c1-9(6-14-5-4-12-8-14)13-11(2,7-17-3)10(15)16/h4-5,8-9,13H,6-7H2,1-3H3,(H,15,16). The van der Waals surface area contributed by atoms with Gasteiger partial charge in [0.2, 0.25) is 0 Å². The summed E-state index contributed by atoms with van der Waals surface area (Å²) in [7, 11) is 1.49. The van der Waals surface area contributed by atoms with Crippen LogP contribution in [0.3, 0.4) is 0 Å². The van der Waals surface area contributed by atoms with Crippen LogP contribution in [0.5, 0.6) is 0 Å². The molecule has 0 bridgehead atoms. The monoisotopic (exact) mass is 241 g/mol. The smallest absolute Gasteiger partial charge is 0.326 e. The summed E-state index contributed by atoms with van der Waals surface area (Å²) in [6.45, 7) is 4.32. The third-order valence-electron chi connectivity index (χ3n) is 2.51. The normalized spacial score (nSPS) is 16.4. The maximum Gasteiger partial charge on any atom is 0.326 e. The number of hydrogen-bond donors (Lipinski definition) is 2. The number of carboxylic acid groups (broad SMARTS) is 1. The minimum absolute atomic E-state index is 0.000417. The van der Waals surface area contributed by atoms with Gasteiger partial charge in [0, 0.05) is 32.1 Å². The van der Waals surface area contributed by atoms with Gasteiger partial charge in [0.25, 0.3) is 0 Å². The van der Waals surface area contributed by atoms with Crippen LogP contribution in [0.25, 0.3) is 0 Å². The molecule has 0 aromatic carbocycles. The Morgan fingerprint density at radius 2 is 2.41 bits per heavy atom. The van der Waals surface area contributed by atoms with Gasteiger partial charge in [0.1, 0.15) is 5.54 Å². The number of hydrogen-bond acceptors (Lipinski definition) is 4. The summed E-state index contributed by atoms with van der Waals surface area (Å²) in [4.78, 5) is 15.1. The van der Waals surface area contributed by atoms with Crippen LogP contribution in [0, 0.1) is 0 Å². The predicted molar refractivity (Wildman–Crippen MR) is 62.7 cm³/mol. The third-order valence-corrected chi connectivity index (χ3v) is 2.51. The van der Waals surface area contributed by atoms with Crippen molar-refractivity contribution in [3.63, 3.8) is 0 Å². The lowest BCUT2D eigenvalue weighted by atomic mass is 10.0. The maximum absolute atomic E-state index is 11.2. The van der Waals surface area contributed by atoms with Gasteiger partial charge in [-0.1, -0.05) is 0 Å². The van der Waals surface area contributed by atoms with Crippen LogP contribution < -0.4 is 5.32 Å². The van der Waals surface area contributed by atoms with Gasteiger partial charge in [-0.05, 0) is 13.8 Å². The van der Waals surface area contributed by atoms with Crippen molar-refractivity contribution in [2.24, 2.45) is 0 Å². The molecule has 0 saturated carbocycles. The Kier molecular flexibility index (Phi) is 4.65. The van der Waals surface area contributed by atoms with E-state index in [9.17, 15) is 9.90 Å². The van der Waals surface area contributed by atoms with Crippen molar-refractivity contribution in [2.45, 2.75) is 32.0 Å². The van der Waals surface area contributed by atoms with Crippen molar-refractivity contribution in [2.75, 3.05) is 13.7 Å². The molecule has 0 fully saturated rings. The van der Waals surface area contributed by atoms with Crippen molar-refractivity contribution < 1.29 is 14.6 Å². The van der Waals surface area contributed by atoms with Crippen molar-refractivity contribution in [1.29, 1.82) is 0 Å². The van der Waals surface area contributed by atoms with E-state index in [1.54, 1.807) is 19.4 Å². The number of ether oxygens (including phenoxy) is 1. The number of methoxy groups -OCH3 is 1. The average molecular weight is 241 g/mol. The quantitative estimate of drug-likeness (QED) is 0.720. The highest BCUT2D eigenvalue weighted by atomic mass is 16.5. The molecule has 0 aliphatic heterocycles. The van der Waals surface area contributed by atoms with E-state index in [4.69, 9.17) is 4.74 Å². The summed E-state index contributed by atoms with van der Waals surface area (Å²) in [5.41, 5.74) is -1.07. The number of aliphatic carboxylic acids is 1. The lowest BCUT2D eigenvalue weighted by Crippen LogP contribution is -2.56. The largest absolute Gasteiger partial charge is 0.480 e. The Morgan fingerprint density at radius 1 is 1.71 bits per heavy atom. The summed E-state index contributed by atoms with van der Waals surface area (Å²) in [5.74, 6) is -0.920. The Labute approximate surface area is 101 Å². The van der Waals surface area contributed by atoms with E-state index in [2.05, 4.69) is 10.3 Å². The van der Waals surface area contributed by atoms with Crippen LogP contribution in [0.4, 0.5) is 0 Å². The Balaban J connectivity index is 2.58. The first kappa shape index (κ1) is 13.7. The Hall–Kier alpha value is -1.40. The molecule has 0 radical (unpaired) electrons. The zero-order chi connectivity index (χ0) is 12.9. The molecule has 0 saturated heterocycles. The van der Waals surface area contributed by atoms with Gasteiger partial charge in [-0.25, -0.2) is 4.98 Å². The van der Waals surface area contributed by atoms with Gasteiger partial charge in [-0.15, -0.1) is 0 Å². The molecule has 1 heterocycles. The molecular weight excluding hydrogens is 222 g/mol. The molecule has 0 amide bonds. The van der Waals surface area contributed by atoms with Crippen LogP contribution in [0.2, 0.25) is 0 Å². The zero-order valence-electron chi connectivity index (χ0n) is 10.4. The average Bonchev–Trinajstić information content (AvgIpc) is 2.70. The molecule has 2 atom stereocenters. The molecule has 1 aromatic rings. The number of rotatable bonds is 7. The number of carboxylic acids is 1. The molecule has 0 spiro atoms. The summed E-state index contributed by atoms with van der Waals surface area (Å²) < 4.78 is 6.84. The molecular formula is C11H19N3O3. The van der Waals surface area contributed by atoms with Gasteiger partial charge in [0.15, 0.2) is 0 Å². The van der Waals surface area contributed by atoms with Gasteiger partial charge < -0.3 is 14.4 Å². The van der Waals surface area contributed by atoms with Crippen molar-refractivity contribution in [3.8, 4) is 0 Å². The molecule has 0 aliphatic carbocycles. The summed E-state index contributed by atoms with van der Waals surface area (Å²) in [6, 6.07) is 0.000417. The molecule has 1 aromatic heterocycles. The van der Waals surface area contributed by atoms with Crippen LogP contribution in [0.1, 0.15) is 13.8 Å². The number of carbonyl (C=O) groups is 1. The lowest BCUT2D eigenvalue weighted by Gasteiger charge is -2.29. The van der Waals surface area contributed by atoms with Crippen LogP contribution in [-0.4, -0.2) is 45.9 Å². The fraction of sp³-hybridized carbons (Fsp3) is 0.636. The number of nitrogens with one attached hydrogen (secondary N) is 1. The van der Waals surface area contributed by atoms with E-state index in [1.807, 2.05) is 17.7 Å². The molecule has 17 heavy (non-hydrogen) atoms. The highest BCUT2D eigenvalue weighted by Crippen LogP contribution is 2.07. The van der Waals surface area contributed by atoms with Crippen molar-refractivity contribution in [1.82, 2.24) is 14.9 Å². The maximum atomic E-state index is 11.2. The number of aromatic nitrogens is 2. The Bertz CT molecular complexity index is 353. The second-order valence-electron chi connectivity index (χ2n) is 4.38. The SMILES string of the molecule is COCC(C)(NC(C)Cn1ccnc1)C(=O)O. The fourth-order valence-corrected chi connectivity index (χ4v) is 1.75. The molecule has 2 unspecified atom stereocenters. The Morgan fingerprint density at radius 3 is 2.88 bits per heavy atom. The van der Waals surface area contributed by atoms with Crippen LogP contribution in [-0.2, 0) is 16.1 Å². The second-order valence-corrected chi connectivity index (χ2v) is 4.38. The van der Waals surface area contributed by atoms with E-state index in [1.165, 1.54) is 7.11 Å². The minimum atomic E-state index is -1.07. The molecule has 1 rings (SSSR count). The number of imidazole rings is 1. The van der Waals surface area contributed by atoms with Gasteiger partial charge in [-0.2, -0.15) is 0 Å². The fourth-order valence-electron chi connectivity index (χ4n) is 1.75. The lowest BCUT2D eigenvalue weighted by molar-refractivity contribution is -0.146. The summed E-state index contributed by atoms with van der Waals surface area (Å²) in [6.07, 6.45) is 5.23. The first-order valence-corrected chi connectivity index (χ1v) is 5.43. The molecule has 0 aliphatic rings. The van der Waals surface area contributed by atoms with Gasteiger partial charge in [0.05, 0.1) is 12.9 Å². The third kappa shape index (κ3) is 3.83. The molecule has 96 valence electrons. The van der Waals surface area contributed by atoms with E-state index in [0.29, 0.717) is 6.54 Å². The highest BCUT2D eigenvalue weighted by Gasteiger charge is 2.34. The van der Waals surface area contributed by atoms with Crippen LogP contribution >= 0.6 is 0 Å². The molecule has 6 nitrogen and oxygen atoms in total. The van der Waals surface area contributed by atoms with Crippen LogP contribution in [0.15, 0.2) is 18.7 Å². The van der Waals surface area contributed by atoms with E-state index >= 15 is 0 Å². The van der Waals surface area contributed by atoms with E-state index in [-0.39, 0.29) is 12.6 Å². The second kappa shape index (κ2) is 5.79. The van der Waals surface area contributed by atoms with Crippen molar-refractivity contribution >= 4 is 5.97 Å². The highest BCUT2D eigenvalue weighted by molar-refractivity contribution is 5.78. The predicted octanol–water partition coefficient (Wildman–Crippen LogP) is 0.351. The first-order valence-electron chi connectivity index (χ1n) is 5.43. The minimum Gasteiger partial charge on any atom is -0.480 e. The van der Waals surface area contributed by atoms with Gasteiger partial charge >= 0.3 is 5.97 Å². The first-order chi connectivity index (χ1) is 7.98. The summed E-state index contributed by atoms with van der Waals surface area (Å²) in [5, 5.41) is 12.2. The van der Waals surface area contributed by atoms with E-state index in [0.717, 1.165) is 0 Å². The van der Waals surface area contributed by atoms with Crippen molar-refractivity contribution in [3.05, 3.63) is 18.7 Å². The summed E-state index contributed by atoms with van der Waals surface area (Å²) >= 11 is 0. The molecule has 2 N–H and O–H groups in total. The van der Waals surface area contributed by atoms with Gasteiger partial charge in [-0.3, -0.25) is 10.1 Å². The number of nitrogens with zero attached hydrogens (tertiary/aromatic N) is 2. The topological polar surface area (TPSA) is 76.4 Å². The van der Waals surface area contributed by atoms with E-state index < -0.39 is 11.5 Å².